The standard InChI is InChI=1S/C30H35NO3Si/c1-32-24-13-11-22(12-14-24)21-31-17-15-23-19-29(33-2)30(34-3)20-27(23)25-9-7-8-10-26(25)28(31)16-18-35(4,5)6/h7-14,19-20,28H,15,17,21H2,1-6H3. The molecule has 1 heterocycles. The maximum atomic E-state index is 5.66. The van der Waals surface area contributed by atoms with Crippen LogP contribution in [0.4, 0.5) is 0 Å². The predicted octanol–water partition coefficient (Wildman–Crippen LogP) is 6.36. The monoisotopic (exact) mass is 485 g/mol. The van der Waals surface area contributed by atoms with Crippen molar-refractivity contribution in [3.63, 3.8) is 0 Å². The van der Waals surface area contributed by atoms with Crippen LogP contribution in [0, 0.1) is 11.5 Å². The van der Waals surface area contributed by atoms with Gasteiger partial charge >= 0.3 is 0 Å². The molecule has 3 aromatic carbocycles. The summed E-state index contributed by atoms with van der Waals surface area (Å²) >= 11 is 0. The van der Waals surface area contributed by atoms with Gasteiger partial charge in [0, 0.05) is 13.1 Å². The van der Waals surface area contributed by atoms with Crippen LogP contribution < -0.4 is 14.2 Å². The molecule has 0 spiro atoms. The smallest absolute Gasteiger partial charge is 0.161 e. The van der Waals surface area contributed by atoms with Gasteiger partial charge in [0.25, 0.3) is 0 Å². The van der Waals surface area contributed by atoms with Crippen molar-refractivity contribution >= 4 is 8.07 Å². The molecule has 1 aliphatic rings. The number of hydrogen-bond acceptors (Lipinski definition) is 4. The molecule has 1 aliphatic heterocycles. The first kappa shape index (κ1) is 24.9. The molecule has 0 saturated carbocycles. The molecule has 0 N–H and O–H groups in total. The fourth-order valence-corrected chi connectivity index (χ4v) is 5.11. The first-order chi connectivity index (χ1) is 16.8. The summed E-state index contributed by atoms with van der Waals surface area (Å²) in [4.78, 5) is 2.51. The quantitative estimate of drug-likeness (QED) is 0.311. The second kappa shape index (κ2) is 10.6. The average Bonchev–Trinajstić information content (AvgIpc) is 2.85. The highest BCUT2D eigenvalue weighted by Gasteiger charge is 2.27. The molecule has 0 amide bonds. The summed E-state index contributed by atoms with van der Waals surface area (Å²) < 4.78 is 16.7. The molecule has 4 rings (SSSR count). The van der Waals surface area contributed by atoms with Crippen molar-refractivity contribution in [2.45, 2.75) is 38.6 Å². The van der Waals surface area contributed by atoms with Crippen LogP contribution in [0.25, 0.3) is 11.1 Å². The number of methoxy groups -OCH3 is 3. The third-order valence-electron chi connectivity index (χ3n) is 6.32. The Labute approximate surface area is 210 Å². The molecule has 3 aromatic rings. The summed E-state index contributed by atoms with van der Waals surface area (Å²) in [7, 11) is 3.52. The van der Waals surface area contributed by atoms with E-state index in [2.05, 4.69) is 84.5 Å². The lowest BCUT2D eigenvalue weighted by atomic mass is 9.88. The van der Waals surface area contributed by atoms with E-state index < -0.39 is 8.07 Å². The summed E-state index contributed by atoms with van der Waals surface area (Å²) in [6.07, 6.45) is 0.894. The molecule has 0 saturated heterocycles. The lowest BCUT2D eigenvalue weighted by Crippen LogP contribution is -2.32. The van der Waals surface area contributed by atoms with E-state index >= 15 is 0 Å². The molecule has 182 valence electrons. The second-order valence-electron chi connectivity index (χ2n) is 9.94. The molecule has 0 aliphatic carbocycles. The Kier molecular flexibility index (Phi) is 7.54. The molecular formula is C30H35NO3Si. The van der Waals surface area contributed by atoms with Gasteiger partial charge in [0.15, 0.2) is 11.5 Å². The van der Waals surface area contributed by atoms with Gasteiger partial charge in [0.2, 0.25) is 0 Å². The van der Waals surface area contributed by atoms with Crippen molar-refractivity contribution in [2.75, 3.05) is 27.9 Å². The minimum Gasteiger partial charge on any atom is -0.497 e. The maximum Gasteiger partial charge on any atom is 0.161 e. The summed E-state index contributed by atoms with van der Waals surface area (Å²) in [5, 5.41) is 0. The lowest BCUT2D eigenvalue weighted by Gasteiger charge is -2.33. The summed E-state index contributed by atoms with van der Waals surface area (Å²) in [5.74, 6) is 6.11. The molecule has 1 atom stereocenters. The van der Waals surface area contributed by atoms with E-state index in [0.29, 0.717) is 0 Å². The highest BCUT2D eigenvalue weighted by Crippen LogP contribution is 2.41. The number of nitrogens with zero attached hydrogens (tertiary/aromatic N) is 1. The van der Waals surface area contributed by atoms with Crippen molar-refractivity contribution in [1.29, 1.82) is 0 Å². The van der Waals surface area contributed by atoms with E-state index in [-0.39, 0.29) is 6.04 Å². The third kappa shape index (κ3) is 5.72. The molecule has 0 fully saturated rings. The second-order valence-corrected chi connectivity index (χ2v) is 14.7. The lowest BCUT2D eigenvalue weighted by molar-refractivity contribution is 0.230. The average molecular weight is 486 g/mol. The van der Waals surface area contributed by atoms with Crippen molar-refractivity contribution < 1.29 is 14.2 Å². The molecule has 1 unspecified atom stereocenters. The Morgan fingerprint density at radius 1 is 0.857 bits per heavy atom. The zero-order valence-electron chi connectivity index (χ0n) is 21.6. The Balaban J connectivity index is 1.86. The molecule has 0 radical (unpaired) electrons. The number of benzene rings is 3. The Bertz CT molecular complexity index is 1240. The zero-order chi connectivity index (χ0) is 25.0. The molecule has 5 heteroatoms. The Morgan fingerprint density at radius 2 is 1.54 bits per heavy atom. The fourth-order valence-electron chi connectivity index (χ4n) is 4.54. The van der Waals surface area contributed by atoms with E-state index in [1.807, 2.05) is 12.1 Å². The van der Waals surface area contributed by atoms with Gasteiger partial charge in [-0.05, 0) is 58.5 Å². The van der Waals surface area contributed by atoms with Crippen molar-refractivity contribution in [3.05, 3.63) is 77.4 Å². The Morgan fingerprint density at radius 3 is 2.20 bits per heavy atom. The van der Waals surface area contributed by atoms with Gasteiger partial charge in [-0.1, -0.05) is 62.0 Å². The number of rotatable bonds is 5. The zero-order valence-corrected chi connectivity index (χ0v) is 22.6. The number of hydrogen-bond donors (Lipinski definition) is 0. The van der Waals surface area contributed by atoms with Crippen LogP contribution in [-0.2, 0) is 13.0 Å². The van der Waals surface area contributed by atoms with Gasteiger partial charge in [-0.2, -0.15) is 0 Å². The van der Waals surface area contributed by atoms with Crippen LogP contribution in [0.3, 0.4) is 0 Å². The van der Waals surface area contributed by atoms with Gasteiger partial charge in [-0.15, -0.1) is 5.54 Å². The third-order valence-corrected chi connectivity index (χ3v) is 7.21. The van der Waals surface area contributed by atoms with Gasteiger partial charge in [-0.3, -0.25) is 4.90 Å². The van der Waals surface area contributed by atoms with Crippen LogP contribution in [0.2, 0.25) is 19.6 Å². The van der Waals surface area contributed by atoms with Gasteiger partial charge in [0.05, 0.1) is 27.4 Å². The van der Waals surface area contributed by atoms with Gasteiger partial charge < -0.3 is 14.2 Å². The maximum absolute atomic E-state index is 5.66. The predicted molar refractivity (Wildman–Crippen MR) is 146 cm³/mol. The minimum atomic E-state index is -1.57. The van der Waals surface area contributed by atoms with E-state index in [1.54, 1.807) is 21.3 Å². The Hall–Kier alpha value is -3.20. The molecule has 0 aromatic heterocycles. The topological polar surface area (TPSA) is 30.9 Å². The SMILES string of the molecule is COc1ccc(CN2CCc3cc(OC)c(OC)cc3-c3ccccc3C2C#C[Si](C)(C)C)cc1. The molecule has 4 nitrogen and oxygen atoms in total. The minimum absolute atomic E-state index is 0.00118. The van der Waals surface area contributed by atoms with Crippen LogP contribution in [0.1, 0.15) is 22.7 Å². The van der Waals surface area contributed by atoms with E-state index in [4.69, 9.17) is 14.2 Å². The van der Waals surface area contributed by atoms with E-state index in [9.17, 15) is 0 Å². The fraction of sp³-hybridized carbons (Fsp3) is 0.333. The van der Waals surface area contributed by atoms with Gasteiger partial charge in [-0.25, -0.2) is 0 Å². The molecule has 0 bridgehead atoms. The van der Waals surface area contributed by atoms with Crippen LogP contribution in [0.5, 0.6) is 17.2 Å². The van der Waals surface area contributed by atoms with Crippen LogP contribution in [-0.4, -0.2) is 40.8 Å². The van der Waals surface area contributed by atoms with Crippen LogP contribution >= 0.6 is 0 Å². The number of fused-ring (bicyclic) bond motifs is 3. The van der Waals surface area contributed by atoms with E-state index in [0.717, 1.165) is 36.8 Å². The van der Waals surface area contributed by atoms with Crippen molar-refractivity contribution in [3.8, 4) is 39.8 Å². The highest BCUT2D eigenvalue weighted by atomic mass is 28.3. The van der Waals surface area contributed by atoms with Gasteiger partial charge in [0.1, 0.15) is 13.8 Å². The molecular weight excluding hydrogens is 450 g/mol. The first-order valence-electron chi connectivity index (χ1n) is 12.1. The largest absolute Gasteiger partial charge is 0.497 e. The number of ether oxygens (including phenoxy) is 3. The summed E-state index contributed by atoms with van der Waals surface area (Å²) in [6.45, 7) is 8.60. The van der Waals surface area contributed by atoms with Crippen molar-refractivity contribution in [1.82, 2.24) is 4.90 Å². The van der Waals surface area contributed by atoms with E-state index in [1.165, 1.54) is 27.8 Å². The van der Waals surface area contributed by atoms with Crippen molar-refractivity contribution in [2.24, 2.45) is 0 Å². The summed E-state index contributed by atoms with van der Waals surface area (Å²) in [5.41, 5.74) is 9.80. The van der Waals surface area contributed by atoms with Crippen LogP contribution in [0.15, 0.2) is 60.7 Å². The summed E-state index contributed by atoms with van der Waals surface area (Å²) in [6, 6.07) is 21.3. The highest BCUT2D eigenvalue weighted by molar-refractivity contribution is 6.83. The molecule has 35 heavy (non-hydrogen) atoms. The normalized spacial score (nSPS) is 15.5. The first-order valence-corrected chi connectivity index (χ1v) is 15.6.